The first kappa shape index (κ1) is 17.5. The second kappa shape index (κ2) is 7.02. The third kappa shape index (κ3) is 3.02. The Hall–Kier alpha value is -1.89. The van der Waals surface area contributed by atoms with E-state index in [-0.39, 0.29) is 30.3 Å². The van der Waals surface area contributed by atoms with Gasteiger partial charge in [-0.25, -0.2) is 4.98 Å². The number of aryl methyl sites for hydroxylation is 1. The number of aliphatic hydroxyl groups excluding tert-OH is 1. The molecule has 3 atom stereocenters. The summed E-state index contributed by atoms with van der Waals surface area (Å²) in [6.07, 6.45) is 6.86. The first-order chi connectivity index (χ1) is 12.6. The van der Waals surface area contributed by atoms with Crippen molar-refractivity contribution in [3.63, 3.8) is 0 Å². The summed E-state index contributed by atoms with van der Waals surface area (Å²) in [5.41, 5.74) is 0.693. The maximum absolute atomic E-state index is 13.0. The van der Waals surface area contributed by atoms with Crippen molar-refractivity contribution in [2.24, 2.45) is 0 Å². The van der Waals surface area contributed by atoms with Crippen LogP contribution in [-0.2, 0) is 17.8 Å². The summed E-state index contributed by atoms with van der Waals surface area (Å²) in [6.45, 7) is 4.14. The van der Waals surface area contributed by atoms with Gasteiger partial charge in [-0.3, -0.25) is 9.59 Å². The fourth-order valence-electron chi connectivity index (χ4n) is 4.66. The predicted octanol–water partition coefficient (Wildman–Crippen LogP) is 1.20. The maximum Gasteiger partial charge on any atom is 0.272 e. The van der Waals surface area contributed by atoms with E-state index in [0.717, 1.165) is 44.5 Å². The van der Waals surface area contributed by atoms with Crippen LogP contribution in [0.15, 0.2) is 6.20 Å². The number of carbonyl (C=O) groups is 2. The first-order valence-corrected chi connectivity index (χ1v) is 9.91. The number of aromatic nitrogens is 2. The number of likely N-dealkylation sites (tertiary alicyclic amines) is 2. The van der Waals surface area contributed by atoms with Crippen LogP contribution in [0.3, 0.4) is 0 Å². The molecule has 7 heteroatoms. The summed E-state index contributed by atoms with van der Waals surface area (Å²) in [4.78, 5) is 33.6. The lowest BCUT2D eigenvalue weighted by Crippen LogP contribution is -2.51. The van der Waals surface area contributed by atoms with Gasteiger partial charge < -0.3 is 19.5 Å². The molecule has 2 bridgehead atoms. The van der Waals surface area contributed by atoms with Crippen LogP contribution in [-0.4, -0.2) is 67.5 Å². The molecule has 2 saturated heterocycles. The number of nitrogens with zero attached hydrogens (tertiary/aromatic N) is 4. The third-order valence-corrected chi connectivity index (χ3v) is 6.06. The Balaban J connectivity index is 1.36. The zero-order valence-corrected chi connectivity index (χ0v) is 15.4. The molecule has 4 rings (SSSR count). The molecule has 0 aromatic carbocycles. The number of imidazole rings is 1. The van der Waals surface area contributed by atoms with Crippen molar-refractivity contribution in [2.45, 2.75) is 76.6 Å². The van der Waals surface area contributed by atoms with E-state index in [1.807, 2.05) is 14.4 Å². The zero-order chi connectivity index (χ0) is 18.3. The van der Waals surface area contributed by atoms with Gasteiger partial charge in [0.15, 0.2) is 0 Å². The summed E-state index contributed by atoms with van der Waals surface area (Å²) in [5, 5.41) is 10.0. The van der Waals surface area contributed by atoms with E-state index in [1.54, 1.807) is 6.20 Å². The van der Waals surface area contributed by atoms with E-state index in [1.165, 1.54) is 0 Å². The molecule has 26 heavy (non-hydrogen) atoms. The van der Waals surface area contributed by atoms with Crippen molar-refractivity contribution in [3.8, 4) is 0 Å². The highest BCUT2D eigenvalue weighted by atomic mass is 16.3. The summed E-state index contributed by atoms with van der Waals surface area (Å²) in [7, 11) is 0. The molecule has 2 fully saturated rings. The normalized spacial score (nSPS) is 25.0. The van der Waals surface area contributed by atoms with E-state index in [0.29, 0.717) is 25.2 Å². The minimum atomic E-state index is -0.548. The molecule has 142 valence electrons. The van der Waals surface area contributed by atoms with E-state index in [2.05, 4.69) is 11.9 Å². The number of hydrogen-bond donors (Lipinski definition) is 1. The lowest BCUT2D eigenvalue weighted by atomic mass is 10.1. The molecule has 0 spiro atoms. The molecule has 1 aromatic rings. The van der Waals surface area contributed by atoms with Gasteiger partial charge in [0.1, 0.15) is 11.5 Å². The molecule has 3 aliphatic heterocycles. The maximum atomic E-state index is 13.0. The van der Waals surface area contributed by atoms with Crippen molar-refractivity contribution in [1.29, 1.82) is 0 Å². The van der Waals surface area contributed by atoms with E-state index >= 15 is 0 Å². The van der Waals surface area contributed by atoms with Crippen LogP contribution in [0, 0.1) is 0 Å². The van der Waals surface area contributed by atoms with Gasteiger partial charge in [0, 0.05) is 26.1 Å². The first-order valence-electron chi connectivity index (χ1n) is 9.91. The minimum Gasteiger partial charge on any atom is -0.393 e. The number of hydrogen-bond acceptors (Lipinski definition) is 4. The van der Waals surface area contributed by atoms with Crippen LogP contribution in [0.2, 0.25) is 0 Å². The van der Waals surface area contributed by atoms with Gasteiger partial charge in [-0.05, 0) is 19.3 Å². The van der Waals surface area contributed by atoms with Crippen molar-refractivity contribution in [3.05, 3.63) is 17.7 Å². The quantitative estimate of drug-likeness (QED) is 0.827. The van der Waals surface area contributed by atoms with Crippen LogP contribution in [0.5, 0.6) is 0 Å². The van der Waals surface area contributed by atoms with Crippen molar-refractivity contribution in [1.82, 2.24) is 19.4 Å². The predicted molar refractivity (Wildman–Crippen MR) is 95.6 cm³/mol. The zero-order valence-electron chi connectivity index (χ0n) is 15.4. The number of fused-ring (bicyclic) bond motifs is 3. The summed E-state index contributed by atoms with van der Waals surface area (Å²) >= 11 is 0. The van der Waals surface area contributed by atoms with Gasteiger partial charge in [-0.2, -0.15) is 0 Å². The highest BCUT2D eigenvalue weighted by Gasteiger charge is 2.47. The SMILES string of the molecule is CCCCC(O)CC(=O)N1C[C@@H]2C[C@H]1CN2C(=O)c1cnc2n1CCC2. The fraction of sp³-hybridized carbons (Fsp3) is 0.737. The molecule has 0 aliphatic carbocycles. The van der Waals surface area contributed by atoms with Gasteiger partial charge in [-0.15, -0.1) is 0 Å². The second-order valence-corrected chi connectivity index (χ2v) is 7.86. The molecular weight excluding hydrogens is 332 g/mol. The number of amides is 2. The van der Waals surface area contributed by atoms with Gasteiger partial charge in [0.2, 0.25) is 5.91 Å². The van der Waals surface area contributed by atoms with Gasteiger partial charge >= 0.3 is 0 Å². The third-order valence-electron chi connectivity index (χ3n) is 6.06. The van der Waals surface area contributed by atoms with Crippen LogP contribution in [0.4, 0.5) is 0 Å². The highest BCUT2D eigenvalue weighted by molar-refractivity contribution is 5.93. The monoisotopic (exact) mass is 360 g/mol. The van der Waals surface area contributed by atoms with Crippen molar-refractivity contribution < 1.29 is 14.7 Å². The topological polar surface area (TPSA) is 78.7 Å². The Labute approximate surface area is 154 Å². The van der Waals surface area contributed by atoms with Crippen LogP contribution in [0.1, 0.15) is 61.8 Å². The Bertz CT molecular complexity index is 701. The minimum absolute atomic E-state index is 0.0263. The summed E-state index contributed by atoms with van der Waals surface area (Å²) in [6, 6.07) is 0.188. The number of unbranched alkanes of at least 4 members (excludes halogenated alkanes) is 1. The molecule has 0 radical (unpaired) electrons. The van der Waals surface area contributed by atoms with E-state index in [4.69, 9.17) is 0 Å². The Morgan fingerprint density at radius 1 is 1.31 bits per heavy atom. The number of piperazine rings is 1. The molecular formula is C19H28N4O3. The lowest BCUT2D eigenvalue weighted by Gasteiger charge is -2.34. The van der Waals surface area contributed by atoms with Crippen LogP contribution in [0.25, 0.3) is 0 Å². The second-order valence-electron chi connectivity index (χ2n) is 7.86. The molecule has 2 amide bonds. The molecule has 1 unspecified atom stereocenters. The Morgan fingerprint density at radius 3 is 2.81 bits per heavy atom. The van der Waals surface area contributed by atoms with Crippen molar-refractivity contribution in [2.75, 3.05) is 13.1 Å². The molecule has 0 saturated carbocycles. The number of aliphatic hydroxyl groups is 1. The molecule has 3 aliphatic rings. The molecule has 1 N–H and O–H groups in total. The van der Waals surface area contributed by atoms with E-state index < -0.39 is 6.10 Å². The lowest BCUT2D eigenvalue weighted by molar-refractivity contribution is -0.135. The van der Waals surface area contributed by atoms with Gasteiger partial charge in [-0.1, -0.05) is 19.8 Å². The smallest absolute Gasteiger partial charge is 0.272 e. The highest BCUT2D eigenvalue weighted by Crippen LogP contribution is 2.33. The van der Waals surface area contributed by atoms with Gasteiger partial charge in [0.05, 0.1) is 30.8 Å². The Kier molecular flexibility index (Phi) is 4.73. The molecule has 1 aromatic heterocycles. The summed E-state index contributed by atoms with van der Waals surface area (Å²) in [5.74, 6) is 1.09. The van der Waals surface area contributed by atoms with Crippen molar-refractivity contribution >= 4 is 11.8 Å². The standard InChI is InChI=1S/C19H28N4O3/c1-2-3-5-15(24)9-18(25)22-11-14-8-13(22)12-23(14)19(26)16-10-20-17-6-4-7-21(16)17/h10,13-15,24H,2-9,11-12H2,1H3/t13-,14-,15?/m0/s1. The largest absolute Gasteiger partial charge is 0.393 e. The van der Waals surface area contributed by atoms with E-state index in [9.17, 15) is 14.7 Å². The molecule has 4 heterocycles. The number of carbonyl (C=O) groups excluding carboxylic acids is 2. The Morgan fingerprint density at radius 2 is 2.08 bits per heavy atom. The fourth-order valence-corrected chi connectivity index (χ4v) is 4.66. The average Bonchev–Trinajstić information content (AvgIpc) is 3.38. The average molecular weight is 360 g/mol. The van der Waals surface area contributed by atoms with Crippen LogP contribution >= 0.6 is 0 Å². The van der Waals surface area contributed by atoms with Crippen LogP contribution < -0.4 is 0 Å². The molecule has 7 nitrogen and oxygen atoms in total. The number of rotatable bonds is 6. The van der Waals surface area contributed by atoms with Gasteiger partial charge in [0.25, 0.3) is 5.91 Å². The summed E-state index contributed by atoms with van der Waals surface area (Å²) < 4.78 is 2.04.